The van der Waals surface area contributed by atoms with E-state index in [1.165, 1.54) is 6.92 Å². The second-order valence-electron chi connectivity index (χ2n) is 3.11. The Labute approximate surface area is 86.1 Å². The third-order valence-corrected chi connectivity index (χ3v) is 1.76. The lowest BCUT2D eigenvalue weighted by Gasteiger charge is -1.89. The lowest BCUT2D eigenvalue weighted by Crippen LogP contribution is -1.96. The fourth-order valence-corrected chi connectivity index (χ4v) is 1.14. The normalized spacial score (nSPS) is 10.2. The van der Waals surface area contributed by atoms with Crippen molar-refractivity contribution in [2.24, 2.45) is 0 Å². The summed E-state index contributed by atoms with van der Waals surface area (Å²) in [6.07, 6.45) is 1.82. The minimum Gasteiger partial charge on any atom is -0.338 e. The molecule has 0 N–H and O–H groups in total. The molecule has 0 saturated heterocycles. The average Bonchev–Trinajstić information content (AvgIpc) is 2.67. The van der Waals surface area contributed by atoms with E-state index in [-0.39, 0.29) is 12.2 Å². The maximum Gasteiger partial charge on any atom is 0.234 e. The number of nitrogens with zero attached hydrogens (tertiary/aromatic N) is 3. The number of hydrogen-bond acceptors (Lipinski definition) is 5. The second kappa shape index (κ2) is 4.00. The molecule has 0 radical (unpaired) electrons. The van der Waals surface area contributed by atoms with Crippen molar-refractivity contribution >= 4 is 5.78 Å². The van der Waals surface area contributed by atoms with Crippen LogP contribution in [0, 0.1) is 0 Å². The smallest absolute Gasteiger partial charge is 0.234 e. The molecule has 0 bridgehead atoms. The molecule has 76 valence electrons. The Morgan fingerprint density at radius 1 is 1.47 bits per heavy atom. The number of ketones is 1. The zero-order valence-corrected chi connectivity index (χ0v) is 8.17. The van der Waals surface area contributed by atoms with Crippen molar-refractivity contribution in [1.82, 2.24) is 15.1 Å². The van der Waals surface area contributed by atoms with E-state index in [4.69, 9.17) is 4.52 Å². The highest BCUT2D eigenvalue weighted by molar-refractivity contribution is 5.77. The molecule has 5 nitrogen and oxygen atoms in total. The Kier molecular flexibility index (Phi) is 2.53. The molecular formula is C10H9N3O2. The Bertz CT molecular complexity index is 465. The lowest BCUT2D eigenvalue weighted by atomic mass is 10.3. The van der Waals surface area contributed by atoms with E-state index in [0.717, 1.165) is 0 Å². The summed E-state index contributed by atoms with van der Waals surface area (Å²) in [6, 6.07) is 5.42. The van der Waals surface area contributed by atoms with Crippen molar-refractivity contribution in [3.8, 4) is 11.5 Å². The van der Waals surface area contributed by atoms with Gasteiger partial charge in [-0.3, -0.25) is 9.78 Å². The van der Waals surface area contributed by atoms with Crippen LogP contribution in [0.25, 0.3) is 11.5 Å². The summed E-state index contributed by atoms with van der Waals surface area (Å²) in [6.45, 7) is 1.48. The predicted molar refractivity (Wildman–Crippen MR) is 51.9 cm³/mol. The SMILES string of the molecule is CC(=O)Cc1nc(-c2ccccn2)no1. The van der Waals surface area contributed by atoms with Crippen molar-refractivity contribution in [2.75, 3.05) is 0 Å². The highest BCUT2D eigenvalue weighted by Gasteiger charge is 2.10. The van der Waals surface area contributed by atoms with Crippen LogP contribution < -0.4 is 0 Å². The molecule has 15 heavy (non-hydrogen) atoms. The maximum absolute atomic E-state index is 10.8. The van der Waals surface area contributed by atoms with Gasteiger partial charge in [0.25, 0.3) is 0 Å². The molecule has 0 spiro atoms. The Balaban J connectivity index is 2.24. The number of carbonyl (C=O) groups excluding carboxylic acids is 1. The topological polar surface area (TPSA) is 68.9 Å². The van der Waals surface area contributed by atoms with E-state index in [0.29, 0.717) is 17.4 Å². The maximum atomic E-state index is 10.8. The summed E-state index contributed by atoms with van der Waals surface area (Å²) >= 11 is 0. The van der Waals surface area contributed by atoms with Gasteiger partial charge >= 0.3 is 0 Å². The van der Waals surface area contributed by atoms with E-state index in [9.17, 15) is 4.79 Å². The monoisotopic (exact) mass is 203 g/mol. The van der Waals surface area contributed by atoms with Gasteiger partial charge in [-0.05, 0) is 19.1 Å². The Morgan fingerprint density at radius 3 is 3.00 bits per heavy atom. The van der Waals surface area contributed by atoms with Gasteiger partial charge in [-0.15, -0.1) is 0 Å². The second-order valence-corrected chi connectivity index (χ2v) is 3.11. The minimum absolute atomic E-state index is 0.00813. The molecule has 0 aliphatic rings. The van der Waals surface area contributed by atoms with Crippen molar-refractivity contribution in [2.45, 2.75) is 13.3 Å². The number of hydrogen-bond donors (Lipinski definition) is 0. The van der Waals surface area contributed by atoms with Gasteiger partial charge in [0.1, 0.15) is 11.5 Å². The summed E-state index contributed by atoms with van der Waals surface area (Å²) < 4.78 is 4.91. The molecule has 0 aliphatic heterocycles. The quantitative estimate of drug-likeness (QED) is 0.751. The lowest BCUT2D eigenvalue weighted by molar-refractivity contribution is -0.116. The van der Waals surface area contributed by atoms with Gasteiger partial charge in [-0.1, -0.05) is 11.2 Å². The van der Waals surface area contributed by atoms with Crippen molar-refractivity contribution < 1.29 is 9.32 Å². The van der Waals surface area contributed by atoms with Gasteiger partial charge in [-0.25, -0.2) is 0 Å². The first kappa shape index (κ1) is 9.51. The standard InChI is InChI=1S/C10H9N3O2/c1-7(14)6-9-12-10(13-15-9)8-4-2-3-5-11-8/h2-5H,6H2,1H3. The van der Waals surface area contributed by atoms with Crippen molar-refractivity contribution in [3.05, 3.63) is 30.3 Å². The molecule has 0 unspecified atom stereocenters. The van der Waals surface area contributed by atoms with Crippen molar-refractivity contribution in [3.63, 3.8) is 0 Å². The molecule has 0 atom stereocenters. The molecule has 0 aromatic carbocycles. The number of pyridine rings is 1. The summed E-state index contributed by atoms with van der Waals surface area (Å²) in [5.74, 6) is 0.723. The van der Waals surface area contributed by atoms with Crippen LogP contribution in [0.4, 0.5) is 0 Å². The fraction of sp³-hybridized carbons (Fsp3) is 0.200. The Morgan fingerprint density at radius 2 is 2.33 bits per heavy atom. The van der Waals surface area contributed by atoms with Gasteiger partial charge in [-0.2, -0.15) is 4.98 Å². The fourth-order valence-electron chi connectivity index (χ4n) is 1.14. The summed E-state index contributed by atoms with van der Waals surface area (Å²) in [5, 5.41) is 3.74. The molecule has 2 rings (SSSR count). The average molecular weight is 203 g/mol. The van der Waals surface area contributed by atoms with E-state index >= 15 is 0 Å². The molecule has 2 aromatic heterocycles. The molecule has 2 heterocycles. The van der Waals surface area contributed by atoms with E-state index in [1.807, 2.05) is 6.07 Å². The van der Waals surface area contributed by atoms with Gasteiger partial charge in [0.2, 0.25) is 11.7 Å². The first-order valence-electron chi connectivity index (χ1n) is 4.49. The number of rotatable bonds is 3. The first-order chi connectivity index (χ1) is 7.25. The predicted octanol–water partition coefficient (Wildman–Crippen LogP) is 1.26. The Hall–Kier alpha value is -2.04. The van der Waals surface area contributed by atoms with Gasteiger partial charge < -0.3 is 4.52 Å². The summed E-state index contributed by atoms with van der Waals surface area (Å²) in [4.78, 5) is 18.9. The highest BCUT2D eigenvalue weighted by atomic mass is 16.5. The van der Waals surface area contributed by atoms with Crippen LogP contribution in [0.1, 0.15) is 12.8 Å². The number of carbonyl (C=O) groups is 1. The van der Waals surface area contributed by atoms with Crippen LogP contribution in [0.2, 0.25) is 0 Å². The van der Waals surface area contributed by atoms with E-state index < -0.39 is 0 Å². The van der Waals surface area contributed by atoms with E-state index in [2.05, 4.69) is 15.1 Å². The highest BCUT2D eigenvalue weighted by Crippen LogP contribution is 2.11. The van der Waals surface area contributed by atoms with E-state index in [1.54, 1.807) is 18.3 Å². The molecule has 0 fully saturated rings. The van der Waals surface area contributed by atoms with Crippen LogP contribution in [-0.4, -0.2) is 20.9 Å². The summed E-state index contributed by atoms with van der Waals surface area (Å²) in [5.41, 5.74) is 0.635. The number of aromatic nitrogens is 3. The third kappa shape index (κ3) is 2.25. The first-order valence-corrected chi connectivity index (χ1v) is 4.49. The molecule has 0 saturated carbocycles. The minimum atomic E-state index is -0.00813. The van der Waals surface area contributed by atoms with Crippen LogP contribution >= 0.6 is 0 Å². The van der Waals surface area contributed by atoms with Crippen molar-refractivity contribution in [1.29, 1.82) is 0 Å². The molecule has 2 aromatic rings. The van der Waals surface area contributed by atoms with Gasteiger partial charge in [0, 0.05) is 6.20 Å². The number of Topliss-reactive ketones (excluding diaryl/α,β-unsaturated/α-hetero) is 1. The summed E-state index contributed by atoms with van der Waals surface area (Å²) in [7, 11) is 0. The van der Waals surface area contributed by atoms with Gasteiger partial charge in [0.05, 0.1) is 6.42 Å². The van der Waals surface area contributed by atoms with Crippen LogP contribution in [0.3, 0.4) is 0 Å². The third-order valence-electron chi connectivity index (χ3n) is 1.76. The zero-order valence-electron chi connectivity index (χ0n) is 8.17. The van der Waals surface area contributed by atoms with Gasteiger partial charge in [0.15, 0.2) is 0 Å². The zero-order chi connectivity index (χ0) is 10.7. The molecular weight excluding hydrogens is 194 g/mol. The van der Waals surface area contributed by atoms with Crippen LogP contribution in [0.15, 0.2) is 28.9 Å². The molecule has 0 aliphatic carbocycles. The molecule has 0 amide bonds. The largest absolute Gasteiger partial charge is 0.338 e. The van der Waals surface area contributed by atoms with Crippen LogP contribution in [-0.2, 0) is 11.2 Å². The molecule has 5 heteroatoms. The van der Waals surface area contributed by atoms with Crippen LogP contribution in [0.5, 0.6) is 0 Å².